The van der Waals surface area contributed by atoms with Crippen molar-refractivity contribution in [2.24, 2.45) is 0 Å². The number of aryl methyl sites for hydroxylation is 1. The first-order chi connectivity index (χ1) is 12.1. The van der Waals surface area contributed by atoms with E-state index in [0.29, 0.717) is 13.0 Å². The number of halogens is 1. The van der Waals surface area contributed by atoms with Gasteiger partial charge in [0.15, 0.2) is 0 Å². The van der Waals surface area contributed by atoms with Crippen LogP contribution in [-0.2, 0) is 16.0 Å². The first kappa shape index (κ1) is 19.3. The molecule has 0 heterocycles. The molecule has 0 fully saturated rings. The van der Waals surface area contributed by atoms with E-state index in [0.717, 1.165) is 36.1 Å². The Morgan fingerprint density at radius 2 is 1.92 bits per heavy atom. The largest absolute Gasteiger partial charge is 0.493 e. The normalized spacial score (nSPS) is 11.8. The van der Waals surface area contributed by atoms with Crippen molar-refractivity contribution >= 4 is 17.6 Å². The third-order valence-corrected chi connectivity index (χ3v) is 4.19. The lowest BCUT2D eigenvalue weighted by Gasteiger charge is -2.14. The lowest BCUT2D eigenvalue weighted by atomic mass is 9.99. The predicted molar refractivity (Wildman–Crippen MR) is 102 cm³/mol. The van der Waals surface area contributed by atoms with Crippen LogP contribution < -0.4 is 4.74 Å². The average molecular weight is 361 g/mol. The first-order valence-corrected chi connectivity index (χ1v) is 9.06. The van der Waals surface area contributed by atoms with Gasteiger partial charge in [-0.3, -0.25) is 4.79 Å². The molecule has 0 radical (unpaired) electrons. The van der Waals surface area contributed by atoms with E-state index in [1.54, 1.807) is 0 Å². The van der Waals surface area contributed by atoms with Crippen LogP contribution in [0.3, 0.4) is 0 Å². The van der Waals surface area contributed by atoms with Gasteiger partial charge in [0.05, 0.1) is 13.7 Å². The molecule has 0 aliphatic rings. The summed E-state index contributed by atoms with van der Waals surface area (Å²) in [4.78, 5) is 11.3. The Hall–Kier alpha value is -2.00. The Bertz CT molecular complexity index is 668. The van der Waals surface area contributed by atoms with E-state index < -0.39 is 0 Å². The second-order valence-corrected chi connectivity index (χ2v) is 6.79. The molecule has 1 unspecified atom stereocenters. The van der Waals surface area contributed by atoms with Gasteiger partial charge in [-0.1, -0.05) is 36.4 Å². The van der Waals surface area contributed by atoms with E-state index >= 15 is 0 Å². The second kappa shape index (κ2) is 10.1. The molecule has 0 N–H and O–H groups in total. The van der Waals surface area contributed by atoms with Gasteiger partial charge in [-0.15, -0.1) is 11.6 Å². The van der Waals surface area contributed by atoms with E-state index in [-0.39, 0.29) is 11.3 Å². The summed E-state index contributed by atoms with van der Waals surface area (Å²) < 4.78 is 10.7. The van der Waals surface area contributed by atoms with E-state index in [9.17, 15) is 4.79 Å². The summed E-state index contributed by atoms with van der Waals surface area (Å²) >= 11 is 6.00. The summed E-state index contributed by atoms with van der Waals surface area (Å²) in [5.41, 5.74) is 3.37. The van der Waals surface area contributed by atoms with Gasteiger partial charge in [0.2, 0.25) is 0 Å². The molecule has 0 aromatic heterocycles. The zero-order chi connectivity index (χ0) is 18.1. The van der Waals surface area contributed by atoms with Gasteiger partial charge >= 0.3 is 5.97 Å². The van der Waals surface area contributed by atoms with Crippen LogP contribution in [0.15, 0.2) is 48.5 Å². The highest BCUT2D eigenvalue weighted by molar-refractivity contribution is 6.20. The van der Waals surface area contributed by atoms with Crippen molar-refractivity contribution in [3.63, 3.8) is 0 Å². The molecule has 0 saturated carbocycles. The number of methoxy groups -OCH3 is 1. The minimum atomic E-state index is -0.168. The van der Waals surface area contributed by atoms with Crippen molar-refractivity contribution in [2.75, 3.05) is 13.7 Å². The van der Waals surface area contributed by atoms with Gasteiger partial charge in [0, 0.05) is 17.4 Å². The minimum absolute atomic E-state index is 0.0952. The molecule has 0 spiro atoms. The Morgan fingerprint density at radius 3 is 2.60 bits per heavy atom. The summed E-state index contributed by atoms with van der Waals surface area (Å²) in [5, 5.41) is 0.0952. The number of hydrogen-bond acceptors (Lipinski definition) is 3. The number of alkyl halides is 1. The molecule has 2 aromatic carbocycles. The second-order valence-electron chi connectivity index (χ2n) is 6.04. The van der Waals surface area contributed by atoms with Gasteiger partial charge in [0.25, 0.3) is 0 Å². The van der Waals surface area contributed by atoms with Crippen LogP contribution in [0, 0.1) is 0 Å². The maximum Gasteiger partial charge on any atom is 0.305 e. The highest BCUT2D eigenvalue weighted by atomic mass is 35.5. The molecule has 0 amide bonds. The summed E-state index contributed by atoms with van der Waals surface area (Å²) in [6, 6.07) is 16.4. The number of ether oxygens (including phenoxy) is 2. The molecule has 2 aromatic rings. The predicted octanol–water partition coefficient (Wildman–Crippen LogP) is 5.25. The number of hydrogen-bond donors (Lipinski definition) is 0. The molecule has 1 atom stereocenters. The number of esters is 1. The van der Waals surface area contributed by atoms with Crippen LogP contribution in [0.4, 0.5) is 0 Å². The maximum atomic E-state index is 11.3. The molecule has 0 bridgehead atoms. The highest BCUT2D eigenvalue weighted by Crippen LogP contribution is 2.31. The van der Waals surface area contributed by atoms with E-state index in [1.807, 2.05) is 31.2 Å². The molecular formula is C21H25ClO3. The van der Waals surface area contributed by atoms with Gasteiger partial charge in [-0.05, 0) is 49.4 Å². The summed E-state index contributed by atoms with van der Waals surface area (Å²) in [6.45, 7) is 2.56. The molecule has 4 heteroatoms. The van der Waals surface area contributed by atoms with Crippen LogP contribution in [0.25, 0.3) is 11.1 Å². The molecule has 0 aliphatic carbocycles. The number of rotatable bonds is 9. The fraction of sp³-hybridized carbons (Fsp3) is 0.381. The van der Waals surface area contributed by atoms with Gasteiger partial charge in [-0.2, -0.15) is 0 Å². The standard InChI is InChI=1S/C21H25ClO3/c1-16(22)13-14-25-20-12-11-17(7-6-10-21(23)24-2)15-19(20)18-8-4-3-5-9-18/h3-5,8-9,11-12,15-16H,6-7,10,13-14H2,1-2H3. The smallest absolute Gasteiger partial charge is 0.305 e. The maximum absolute atomic E-state index is 11.3. The number of benzene rings is 2. The molecule has 2 rings (SSSR count). The fourth-order valence-electron chi connectivity index (χ4n) is 2.57. The third kappa shape index (κ3) is 6.43. The highest BCUT2D eigenvalue weighted by Gasteiger charge is 2.09. The topological polar surface area (TPSA) is 35.5 Å². The zero-order valence-corrected chi connectivity index (χ0v) is 15.6. The third-order valence-electron chi connectivity index (χ3n) is 3.98. The summed E-state index contributed by atoms with van der Waals surface area (Å²) in [5.74, 6) is 0.693. The molecule has 134 valence electrons. The molecule has 3 nitrogen and oxygen atoms in total. The Balaban J connectivity index is 2.14. The molecule has 0 saturated heterocycles. The first-order valence-electron chi connectivity index (χ1n) is 8.62. The van der Waals surface area contributed by atoms with Crippen molar-refractivity contribution in [3.8, 4) is 16.9 Å². The van der Waals surface area contributed by atoms with Crippen LogP contribution >= 0.6 is 11.6 Å². The average Bonchev–Trinajstić information content (AvgIpc) is 2.63. The monoisotopic (exact) mass is 360 g/mol. The lowest BCUT2D eigenvalue weighted by Crippen LogP contribution is -2.04. The van der Waals surface area contributed by atoms with Crippen molar-refractivity contribution < 1.29 is 14.3 Å². The number of carbonyl (C=O) groups is 1. The SMILES string of the molecule is COC(=O)CCCc1ccc(OCCC(C)Cl)c(-c2ccccc2)c1. The number of carbonyl (C=O) groups excluding carboxylic acids is 1. The minimum Gasteiger partial charge on any atom is -0.493 e. The van der Waals surface area contributed by atoms with Crippen molar-refractivity contribution in [2.45, 2.75) is 38.0 Å². The summed E-state index contributed by atoms with van der Waals surface area (Å²) in [6.07, 6.45) is 2.83. The Labute approximate surface area is 154 Å². The quantitative estimate of drug-likeness (QED) is 0.453. The fourth-order valence-corrected chi connectivity index (χ4v) is 2.66. The van der Waals surface area contributed by atoms with Crippen LogP contribution in [0.5, 0.6) is 5.75 Å². The molecular weight excluding hydrogens is 336 g/mol. The van der Waals surface area contributed by atoms with E-state index in [2.05, 4.69) is 24.3 Å². The van der Waals surface area contributed by atoms with E-state index in [1.165, 1.54) is 12.7 Å². The van der Waals surface area contributed by atoms with Gasteiger partial charge in [0.1, 0.15) is 5.75 Å². The molecule has 0 aliphatic heterocycles. The zero-order valence-electron chi connectivity index (χ0n) is 14.8. The summed E-state index contributed by atoms with van der Waals surface area (Å²) in [7, 11) is 1.42. The molecule has 25 heavy (non-hydrogen) atoms. The van der Waals surface area contributed by atoms with Crippen molar-refractivity contribution in [3.05, 3.63) is 54.1 Å². The van der Waals surface area contributed by atoms with Gasteiger partial charge < -0.3 is 9.47 Å². The van der Waals surface area contributed by atoms with Crippen molar-refractivity contribution in [1.82, 2.24) is 0 Å². The van der Waals surface area contributed by atoms with Crippen LogP contribution in [-0.4, -0.2) is 25.1 Å². The Morgan fingerprint density at radius 1 is 1.16 bits per heavy atom. The van der Waals surface area contributed by atoms with Crippen LogP contribution in [0.2, 0.25) is 0 Å². The van der Waals surface area contributed by atoms with E-state index in [4.69, 9.17) is 21.1 Å². The lowest BCUT2D eigenvalue weighted by molar-refractivity contribution is -0.140. The van der Waals surface area contributed by atoms with Gasteiger partial charge in [-0.25, -0.2) is 0 Å². The van der Waals surface area contributed by atoms with Crippen molar-refractivity contribution in [1.29, 1.82) is 0 Å². The Kier molecular flexibility index (Phi) is 7.80. The van der Waals surface area contributed by atoms with Crippen LogP contribution in [0.1, 0.15) is 31.7 Å².